The molecule has 0 aromatic heterocycles. The first-order valence-electron chi connectivity index (χ1n) is 9.77. The zero-order valence-corrected chi connectivity index (χ0v) is 15.4. The molecule has 1 aromatic rings. The number of fused-ring (bicyclic) bond motifs is 1. The van der Waals surface area contributed by atoms with Crippen LogP contribution >= 0.6 is 0 Å². The first-order chi connectivity index (χ1) is 13.1. The minimum absolute atomic E-state index is 0.123. The van der Waals surface area contributed by atoms with Crippen LogP contribution in [0, 0.1) is 5.92 Å². The first-order valence-corrected chi connectivity index (χ1v) is 9.77. The van der Waals surface area contributed by atoms with Gasteiger partial charge in [0.2, 0.25) is 11.8 Å². The number of hydrogen-bond donors (Lipinski definition) is 3. The van der Waals surface area contributed by atoms with E-state index in [1.807, 2.05) is 18.2 Å². The molecule has 1 aliphatic carbocycles. The zero-order valence-electron chi connectivity index (χ0n) is 15.4. The van der Waals surface area contributed by atoms with Crippen LogP contribution in [0.15, 0.2) is 18.2 Å². The molecule has 4 N–H and O–H groups in total. The quantitative estimate of drug-likeness (QED) is 0.661. The molecule has 1 unspecified atom stereocenters. The fourth-order valence-corrected chi connectivity index (χ4v) is 4.64. The van der Waals surface area contributed by atoms with Gasteiger partial charge in [-0.1, -0.05) is 18.6 Å². The van der Waals surface area contributed by atoms with Crippen molar-refractivity contribution in [2.45, 2.75) is 57.3 Å². The summed E-state index contributed by atoms with van der Waals surface area (Å²) in [4.78, 5) is 38.1. The Kier molecular flexibility index (Phi) is 4.97. The molecule has 0 spiro atoms. The van der Waals surface area contributed by atoms with Crippen LogP contribution in [-0.4, -0.2) is 41.2 Å². The number of amides is 3. The molecular formula is C20H26N4O3. The highest BCUT2D eigenvalue weighted by Crippen LogP contribution is 2.30. The second-order valence-corrected chi connectivity index (χ2v) is 7.76. The monoisotopic (exact) mass is 370 g/mol. The molecule has 3 atom stereocenters. The van der Waals surface area contributed by atoms with E-state index < -0.39 is 6.04 Å². The van der Waals surface area contributed by atoms with Gasteiger partial charge >= 0.3 is 0 Å². The number of carbonyl (C=O) groups is 3. The maximum Gasteiger partial charge on any atom is 0.255 e. The summed E-state index contributed by atoms with van der Waals surface area (Å²) in [7, 11) is 0. The fourth-order valence-electron chi connectivity index (χ4n) is 4.64. The third-order valence-corrected chi connectivity index (χ3v) is 6.20. The molecular weight excluding hydrogens is 344 g/mol. The predicted octanol–water partition coefficient (Wildman–Crippen LogP) is 0.665. The normalized spacial score (nSPS) is 27.8. The van der Waals surface area contributed by atoms with E-state index in [1.54, 1.807) is 4.90 Å². The van der Waals surface area contributed by atoms with Gasteiger partial charge in [-0.2, -0.15) is 0 Å². The number of rotatable bonds is 5. The molecule has 7 nitrogen and oxygen atoms in total. The molecule has 7 heteroatoms. The van der Waals surface area contributed by atoms with Gasteiger partial charge in [-0.05, 0) is 48.9 Å². The fraction of sp³-hybridized carbons (Fsp3) is 0.550. The van der Waals surface area contributed by atoms with Crippen molar-refractivity contribution >= 4 is 17.7 Å². The lowest BCUT2D eigenvalue weighted by atomic mass is 10.0. The van der Waals surface area contributed by atoms with Gasteiger partial charge in [0, 0.05) is 31.1 Å². The number of nitrogens with one attached hydrogen (secondary N) is 2. The summed E-state index contributed by atoms with van der Waals surface area (Å²) in [6.07, 6.45) is 4.17. The highest BCUT2D eigenvalue weighted by molar-refractivity contribution is 6.05. The number of imide groups is 1. The Hall–Kier alpha value is -2.25. The maximum atomic E-state index is 12.9. The number of carbonyl (C=O) groups excluding carboxylic acids is 3. The van der Waals surface area contributed by atoms with Crippen LogP contribution < -0.4 is 16.4 Å². The highest BCUT2D eigenvalue weighted by atomic mass is 16.2. The van der Waals surface area contributed by atoms with Gasteiger partial charge in [0.05, 0.1) is 0 Å². The van der Waals surface area contributed by atoms with Gasteiger partial charge in [-0.15, -0.1) is 0 Å². The van der Waals surface area contributed by atoms with E-state index in [9.17, 15) is 14.4 Å². The van der Waals surface area contributed by atoms with E-state index in [-0.39, 0.29) is 24.1 Å². The second kappa shape index (κ2) is 7.40. The van der Waals surface area contributed by atoms with Gasteiger partial charge in [0.25, 0.3) is 5.91 Å². The van der Waals surface area contributed by atoms with Crippen molar-refractivity contribution < 1.29 is 14.4 Å². The largest absolute Gasteiger partial charge is 0.330 e. The number of benzene rings is 1. The summed E-state index contributed by atoms with van der Waals surface area (Å²) < 4.78 is 0. The summed E-state index contributed by atoms with van der Waals surface area (Å²) in [6, 6.07) is 5.62. The molecule has 144 valence electrons. The maximum absolute atomic E-state index is 12.9. The summed E-state index contributed by atoms with van der Waals surface area (Å²) in [5.41, 5.74) is 8.62. The molecule has 1 saturated carbocycles. The van der Waals surface area contributed by atoms with Gasteiger partial charge in [-0.25, -0.2) is 0 Å². The lowest BCUT2D eigenvalue weighted by Gasteiger charge is -2.29. The topological polar surface area (TPSA) is 105 Å². The zero-order chi connectivity index (χ0) is 19.0. The SMILES string of the molecule is NC[C@@H]1CCC[C@H]1NCc1cccc2c1CN(C1CCC(=O)NC1=O)C2=O. The molecule has 1 aromatic carbocycles. The number of hydrogen-bond acceptors (Lipinski definition) is 5. The van der Waals surface area contributed by atoms with Crippen LogP contribution in [0.3, 0.4) is 0 Å². The van der Waals surface area contributed by atoms with Crippen LogP contribution in [-0.2, 0) is 22.7 Å². The first kappa shape index (κ1) is 18.1. The Morgan fingerprint density at radius 3 is 2.81 bits per heavy atom. The van der Waals surface area contributed by atoms with Crippen LogP contribution in [0.4, 0.5) is 0 Å². The van der Waals surface area contributed by atoms with Gasteiger partial charge in [0.1, 0.15) is 6.04 Å². The Morgan fingerprint density at radius 2 is 2.04 bits per heavy atom. The number of piperidine rings is 1. The molecule has 3 amide bonds. The van der Waals surface area contributed by atoms with Gasteiger partial charge < -0.3 is 16.0 Å². The van der Waals surface area contributed by atoms with Crippen LogP contribution in [0.25, 0.3) is 0 Å². The number of nitrogens with two attached hydrogens (primary N) is 1. The molecule has 27 heavy (non-hydrogen) atoms. The van der Waals surface area contributed by atoms with Crippen molar-refractivity contribution in [3.63, 3.8) is 0 Å². The van der Waals surface area contributed by atoms with Crippen molar-refractivity contribution in [2.75, 3.05) is 6.54 Å². The summed E-state index contributed by atoms with van der Waals surface area (Å²) >= 11 is 0. The van der Waals surface area contributed by atoms with Crippen molar-refractivity contribution in [3.8, 4) is 0 Å². The smallest absolute Gasteiger partial charge is 0.255 e. The van der Waals surface area contributed by atoms with Crippen molar-refractivity contribution in [2.24, 2.45) is 11.7 Å². The van der Waals surface area contributed by atoms with E-state index in [4.69, 9.17) is 5.73 Å². The Balaban J connectivity index is 1.49. The third-order valence-electron chi connectivity index (χ3n) is 6.20. The van der Waals surface area contributed by atoms with E-state index in [0.29, 0.717) is 43.6 Å². The van der Waals surface area contributed by atoms with Crippen LogP contribution in [0.5, 0.6) is 0 Å². The lowest BCUT2D eigenvalue weighted by molar-refractivity contribution is -0.136. The second-order valence-electron chi connectivity index (χ2n) is 7.76. The van der Waals surface area contributed by atoms with E-state index in [2.05, 4.69) is 10.6 Å². The van der Waals surface area contributed by atoms with E-state index >= 15 is 0 Å². The minimum Gasteiger partial charge on any atom is -0.330 e. The molecule has 4 rings (SSSR count). The predicted molar refractivity (Wildman–Crippen MR) is 99.5 cm³/mol. The van der Waals surface area contributed by atoms with Crippen LogP contribution in [0.1, 0.15) is 53.6 Å². The summed E-state index contributed by atoms with van der Waals surface area (Å²) in [6.45, 7) is 1.82. The Bertz CT molecular complexity index is 778. The molecule has 2 fully saturated rings. The summed E-state index contributed by atoms with van der Waals surface area (Å²) in [5, 5.41) is 5.96. The molecule has 0 bridgehead atoms. The minimum atomic E-state index is -0.570. The van der Waals surface area contributed by atoms with E-state index in [1.165, 1.54) is 12.8 Å². The molecule has 2 heterocycles. The van der Waals surface area contributed by atoms with Crippen molar-refractivity contribution in [1.29, 1.82) is 0 Å². The van der Waals surface area contributed by atoms with Crippen LogP contribution in [0.2, 0.25) is 0 Å². The third kappa shape index (κ3) is 3.37. The lowest BCUT2D eigenvalue weighted by Crippen LogP contribution is -2.52. The van der Waals surface area contributed by atoms with E-state index in [0.717, 1.165) is 17.5 Å². The highest BCUT2D eigenvalue weighted by Gasteiger charge is 2.39. The molecule has 1 saturated heterocycles. The van der Waals surface area contributed by atoms with Gasteiger partial charge in [-0.3, -0.25) is 19.7 Å². The molecule has 0 radical (unpaired) electrons. The average Bonchev–Trinajstić information content (AvgIpc) is 3.25. The van der Waals surface area contributed by atoms with Gasteiger partial charge in [0.15, 0.2) is 0 Å². The molecule has 3 aliphatic rings. The average molecular weight is 370 g/mol. The van der Waals surface area contributed by atoms with Crippen molar-refractivity contribution in [1.82, 2.24) is 15.5 Å². The summed E-state index contributed by atoms with van der Waals surface area (Å²) in [5.74, 6) is -0.245. The van der Waals surface area contributed by atoms with Crippen molar-refractivity contribution in [3.05, 3.63) is 34.9 Å². The standard InChI is InChI=1S/C20H26N4O3/c21-9-12-3-2-6-16(12)22-10-13-4-1-5-14-15(13)11-24(20(14)27)17-7-8-18(25)23-19(17)26/h1,4-5,12,16-17,22H,2-3,6-11,21H2,(H,23,25,26)/t12-,16+,17?/m0/s1. The molecule has 2 aliphatic heterocycles. The Morgan fingerprint density at radius 1 is 1.19 bits per heavy atom. The Labute approximate surface area is 158 Å². The number of nitrogens with zero attached hydrogens (tertiary/aromatic N) is 1.